The van der Waals surface area contributed by atoms with Crippen LogP contribution >= 0.6 is 11.3 Å². The van der Waals surface area contributed by atoms with E-state index in [4.69, 9.17) is 0 Å². The van der Waals surface area contributed by atoms with Crippen molar-refractivity contribution in [2.24, 2.45) is 0 Å². The van der Waals surface area contributed by atoms with E-state index in [0.29, 0.717) is 30.2 Å². The van der Waals surface area contributed by atoms with Crippen LogP contribution < -0.4 is 10.6 Å². The molecule has 0 aliphatic carbocycles. The molecule has 1 amide bonds. The zero-order chi connectivity index (χ0) is 15.2. The van der Waals surface area contributed by atoms with Crippen molar-refractivity contribution < 1.29 is 4.79 Å². The van der Waals surface area contributed by atoms with Crippen LogP contribution in [-0.2, 0) is 6.42 Å². The Morgan fingerprint density at radius 3 is 2.81 bits per heavy atom. The van der Waals surface area contributed by atoms with Gasteiger partial charge in [-0.3, -0.25) is 4.79 Å². The number of hydrogen-bond donors (Lipinski definition) is 2. The van der Waals surface area contributed by atoms with Gasteiger partial charge in [-0.25, -0.2) is 15.0 Å². The predicted molar refractivity (Wildman–Crippen MR) is 83.8 cm³/mol. The molecular formula is C14H19N5OS. The lowest BCUT2D eigenvalue weighted by Gasteiger charge is -2.11. The summed E-state index contributed by atoms with van der Waals surface area (Å²) in [6.07, 6.45) is 2.37. The van der Waals surface area contributed by atoms with Crippen LogP contribution in [0.1, 0.15) is 41.8 Å². The Balaban J connectivity index is 2.04. The third kappa shape index (κ3) is 3.98. The summed E-state index contributed by atoms with van der Waals surface area (Å²) >= 11 is 1.55. The molecule has 0 spiro atoms. The van der Waals surface area contributed by atoms with Gasteiger partial charge in [0.05, 0.1) is 23.1 Å². The van der Waals surface area contributed by atoms with Crippen molar-refractivity contribution in [3.05, 3.63) is 34.3 Å². The molecule has 2 heterocycles. The van der Waals surface area contributed by atoms with Crippen molar-refractivity contribution in [2.45, 2.75) is 26.2 Å². The zero-order valence-corrected chi connectivity index (χ0v) is 13.2. The molecule has 0 radical (unpaired) electrons. The molecule has 0 aromatic carbocycles. The lowest BCUT2D eigenvalue weighted by atomic mass is 10.2. The van der Waals surface area contributed by atoms with E-state index < -0.39 is 0 Å². The summed E-state index contributed by atoms with van der Waals surface area (Å²) in [6.45, 7) is 4.53. The highest BCUT2D eigenvalue weighted by atomic mass is 32.1. The Bertz CT molecular complexity index is 597. The summed E-state index contributed by atoms with van der Waals surface area (Å²) < 4.78 is 0. The summed E-state index contributed by atoms with van der Waals surface area (Å²) in [5.41, 5.74) is 3.79. The molecule has 0 fully saturated rings. The number of nitrogens with zero attached hydrogens (tertiary/aromatic N) is 3. The molecule has 0 unspecified atom stereocenters. The second kappa shape index (κ2) is 7.12. The number of nitrogens with one attached hydrogen (secondary N) is 2. The second-order valence-electron chi connectivity index (χ2n) is 4.88. The monoisotopic (exact) mass is 305 g/mol. The highest BCUT2D eigenvalue weighted by molar-refractivity contribution is 7.07. The van der Waals surface area contributed by atoms with E-state index in [1.165, 1.54) is 0 Å². The Morgan fingerprint density at radius 2 is 2.19 bits per heavy atom. The van der Waals surface area contributed by atoms with Crippen LogP contribution in [0.25, 0.3) is 0 Å². The molecule has 0 saturated carbocycles. The number of hydrogen-bond acceptors (Lipinski definition) is 6. The number of rotatable bonds is 6. The van der Waals surface area contributed by atoms with Gasteiger partial charge in [0.2, 0.25) is 0 Å². The molecule has 2 rings (SSSR count). The van der Waals surface area contributed by atoms with Gasteiger partial charge in [-0.15, -0.1) is 11.3 Å². The van der Waals surface area contributed by atoms with Crippen molar-refractivity contribution in [3.63, 3.8) is 0 Å². The maximum atomic E-state index is 12.3. The molecule has 0 saturated heterocycles. The van der Waals surface area contributed by atoms with Gasteiger partial charge in [0, 0.05) is 31.3 Å². The fourth-order valence-electron chi connectivity index (χ4n) is 1.78. The molecule has 0 atom stereocenters. The minimum Gasteiger partial charge on any atom is -0.385 e. The molecule has 2 N–H and O–H groups in total. The fourth-order valence-corrected chi connectivity index (χ4v) is 2.37. The predicted octanol–water partition coefficient (Wildman–Crippen LogP) is 2.07. The minimum absolute atomic E-state index is 0.178. The van der Waals surface area contributed by atoms with Gasteiger partial charge in [-0.2, -0.15) is 0 Å². The van der Waals surface area contributed by atoms with E-state index in [1.54, 1.807) is 30.1 Å². The number of aromatic nitrogens is 3. The lowest BCUT2D eigenvalue weighted by molar-refractivity contribution is 0.0949. The van der Waals surface area contributed by atoms with Crippen LogP contribution in [0.5, 0.6) is 0 Å². The van der Waals surface area contributed by atoms with E-state index in [9.17, 15) is 4.79 Å². The standard InChI is InChI=1S/C14H19N5OS/c1-9(2)13-17-6-11(15-3)12(19-13)14(20)16-5-4-10-7-21-8-18-10/h6-9,15H,4-5H2,1-3H3,(H,16,20). The summed E-state index contributed by atoms with van der Waals surface area (Å²) in [6, 6.07) is 0. The molecule has 112 valence electrons. The molecule has 6 nitrogen and oxygen atoms in total. The van der Waals surface area contributed by atoms with Crippen LogP contribution in [0, 0.1) is 0 Å². The first-order valence-electron chi connectivity index (χ1n) is 6.81. The van der Waals surface area contributed by atoms with E-state index in [2.05, 4.69) is 25.6 Å². The van der Waals surface area contributed by atoms with Gasteiger partial charge >= 0.3 is 0 Å². The Kier molecular flexibility index (Phi) is 5.21. The van der Waals surface area contributed by atoms with Crippen LogP contribution in [0.4, 0.5) is 5.69 Å². The number of anilines is 1. The molecule has 0 bridgehead atoms. The van der Waals surface area contributed by atoms with Crippen molar-refractivity contribution in [2.75, 3.05) is 18.9 Å². The van der Waals surface area contributed by atoms with E-state index in [-0.39, 0.29) is 11.8 Å². The Morgan fingerprint density at radius 1 is 1.38 bits per heavy atom. The first-order chi connectivity index (χ1) is 10.1. The smallest absolute Gasteiger partial charge is 0.272 e. The first kappa shape index (κ1) is 15.4. The van der Waals surface area contributed by atoms with Crippen molar-refractivity contribution in [3.8, 4) is 0 Å². The highest BCUT2D eigenvalue weighted by Crippen LogP contribution is 2.15. The van der Waals surface area contributed by atoms with Gasteiger partial charge in [-0.1, -0.05) is 13.8 Å². The number of carbonyl (C=O) groups excluding carboxylic acids is 1. The topological polar surface area (TPSA) is 79.8 Å². The summed E-state index contributed by atoms with van der Waals surface area (Å²) in [4.78, 5) is 25.1. The quantitative estimate of drug-likeness (QED) is 0.854. The Hall–Kier alpha value is -2.02. The third-order valence-corrected chi connectivity index (χ3v) is 3.59. The van der Waals surface area contributed by atoms with E-state index in [1.807, 2.05) is 19.2 Å². The van der Waals surface area contributed by atoms with Crippen molar-refractivity contribution in [1.82, 2.24) is 20.3 Å². The van der Waals surface area contributed by atoms with Gasteiger partial charge in [-0.05, 0) is 0 Å². The van der Waals surface area contributed by atoms with Crippen LogP contribution in [0.3, 0.4) is 0 Å². The highest BCUT2D eigenvalue weighted by Gasteiger charge is 2.15. The maximum absolute atomic E-state index is 12.3. The maximum Gasteiger partial charge on any atom is 0.272 e. The SMILES string of the molecule is CNc1cnc(C(C)C)nc1C(=O)NCCc1cscn1. The summed E-state index contributed by atoms with van der Waals surface area (Å²) in [5.74, 6) is 0.648. The molecule has 21 heavy (non-hydrogen) atoms. The molecule has 0 aliphatic rings. The van der Waals surface area contributed by atoms with Crippen molar-refractivity contribution >= 4 is 22.9 Å². The average Bonchev–Trinajstić information content (AvgIpc) is 2.99. The van der Waals surface area contributed by atoms with Crippen LogP contribution in [0.15, 0.2) is 17.1 Å². The fraction of sp³-hybridized carbons (Fsp3) is 0.429. The minimum atomic E-state index is -0.195. The Labute approximate surface area is 128 Å². The lowest BCUT2D eigenvalue weighted by Crippen LogP contribution is -2.28. The number of amides is 1. The first-order valence-corrected chi connectivity index (χ1v) is 7.76. The van der Waals surface area contributed by atoms with E-state index >= 15 is 0 Å². The largest absolute Gasteiger partial charge is 0.385 e. The molecule has 7 heteroatoms. The van der Waals surface area contributed by atoms with E-state index in [0.717, 1.165) is 5.69 Å². The second-order valence-corrected chi connectivity index (χ2v) is 5.60. The number of carbonyl (C=O) groups is 1. The normalized spacial score (nSPS) is 10.7. The molecule has 2 aromatic heterocycles. The average molecular weight is 305 g/mol. The molecule has 0 aliphatic heterocycles. The van der Waals surface area contributed by atoms with Crippen LogP contribution in [0.2, 0.25) is 0 Å². The molecular weight excluding hydrogens is 286 g/mol. The zero-order valence-electron chi connectivity index (χ0n) is 12.4. The van der Waals surface area contributed by atoms with Gasteiger partial charge in [0.1, 0.15) is 5.82 Å². The summed E-state index contributed by atoms with van der Waals surface area (Å²) in [5, 5.41) is 7.80. The van der Waals surface area contributed by atoms with Gasteiger partial charge in [0.25, 0.3) is 5.91 Å². The van der Waals surface area contributed by atoms with Gasteiger partial charge < -0.3 is 10.6 Å². The van der Waals surface area contributed by atoms with Crippen molar-refractivity contribution in [1.29, 1.82) is 0 Å². The number of thiazole rings is 1. The third-order valence-electron chi connectivity index (χ3n) is 2.96. The summed E-state index contributed by atoms with van der Waals surface area (Å²) in [7, 11) is 1.75. The van der Waals surface area contributed by atoms with Gasteiger partial charge in [0.15, 0.2) is 5.69 Å². The molecule has 2 aromatic rings. The van der Waals surface area contributed by atoms with Crippen LogP contribution in [-0.4, -0.2) is 34.5 Å².